The van der Waals surface area contributed by atoms with E-state index in [1.807, 2.05) is 30.3 Å². The average molecular weight is 400 g/mol. The van der Waals surface area contributed by atoms with E-state index in [0.717, 1.165) is 11.6 Å². The zero-order chi connectivity index (χ0) is 20.0. The van der Waals surface area contributed by atoms with Gasteiger partial charge in [0.25, 0.3) is 5.91 Å². The van der Waals surface area contributed by atoms with Crippen molar-refractivity contribution in [2.24, 2.45) is 0 Å². The maximum Gasteiger partial charge on any atom is 0.418 e. The lowest BCUT2D eigenvalue weighted by Crippen LogP contribution is -2.30. The molecule has 1 unspecified atom stereocenters. The van der Waals surface area contributed by atoms with Crippen molar-refractivity contribution in [2.45, 2.75) is 32.0 Å². The lowest BCUT2D eigenvalue weighted by atomic mass is 10.1. The van der Waals surface area contributed by atoms with E-state index >= 15 is 0 Å². The van der Waals surface area contributed by atoms with Gasteiger partial charge >= 0.3 is 12.1 Å². The van der Waals surface area contributed by atoms with E-state index in [1.54, 1.807) is 0 Å². The monoisotopic (exact) mass is 399 g/mol. The summed E-state index contributed by atoms with van der Waals surface area (Å²) in [6, 6.07) is 12.2. The molecule has 0 aliphatic rings. The van der Waals surface area contributed by atoms with Gasteiger partial charge in [-0.25, -0.2) is 0 Å². The SMILES string of the molecule is CC(OC(=O)CCc1ccccc1)C(=O)Nc1ccc(Cl)cc1C(F)(F)F. The Morgan fingerprint density at radius 2 is 1.81 bits per heavy atom. The van der Waals surface area contributed by atoms with E-state index in [2.05, 4.69) is 5.32 Å². The van der Waals surface area contributed by atoms with Crippen molar-refractivity contribution in [3.63, 3.8) is 0 Å². The number of hydrogen-bond acceptors (Lipinski definition) is 3. The Morgan fingerprint density at radius 1 is 1.15 bits per heavy atom. The number of carbonyl (C=O) groups excluding carboxylic acids is 2. The molecule has 1 atom stereocenters. The van der Waals surface area contributed by atoms with Crippen LogP contribution in [0.1, 0.15) is 24.5 Å². The lowest BCUT2D eigenvalue weighted by Gasteiger charge is -2.17. The summed E-state index contributed by atoms with van der Waals surface area (Å²) in [5, 5.41) is 2.02. The van der Waals surface area contributed by atoms with Gasteiger partial charge in [0, 0.05) is 11.4 Å². The van der Waals surface area contributed by atoms with Crippen molar-refractivity contribution < 1.29 is 27.5 Å². The van der Waals surface area contributed by atoms with Crippen LogP contribution in [0.5, 0.6) is 0 Å². The summed E-state index contributed by atoms with van der Waals surface area (Å²) >= 11 is 5.59. The van der Waals surface area contributed by atoms with Crippen LogP contribution in [0.4, 0.5) is 18.9 Å². The molecular weight excluding hydrogens is 383 g/mol. The van der Waals surface area contributed by atoms with E-state index in [0.29, 0.717) is 12.5 Å². The number of rotatable bonds is 6. The number of benzene rings is 2. The maximum atomic E-state index is 13.1. The smallest absolute Gasteiger partial charge is 0.418 e. The number of anilines is 1. The van der Waals surface area contributed by atoms with Crippen LogP contribution in [0.25, 0.3) is 0 Å². The van der Waals surface area contributed by atoms with E-state index in [1.165, 1.54) is 13.0 Å². The highest BCUT2D eigenvalue weighted by Gasteiger charge is 2.34. The zero-order valence-electron chi connectivity index (χ0n) is 14.3. The van der Waals surface area contributed by atoms with Crippen molar-refractivity contribution in [1.29, 1.82) is 0 Å². The minimum Gasteiger partial charge on any atom is -0.453 e. The van der Waals surface area contributed by atoms with Crippen LogP contribution < -0.4 is 5.32 Å². The molecule has 27 heavy (non-hydrogen) atoms. The van der Waals surface area contributed by atoms with Crippen molar-refractivity contribution in [2.75, 3.05) is 5.32 Å². The predicted molar refractivity (Wildman–Crippen MR) is 95.4 cm³/mol. The first-order valence-corrected chi connectivity index (χ1v) is 8.45. The number of aryl methyl sites for hydroxylation is 1. The van der Waals surface area contributed by atoms with Gasteiger partial charge in [-0.15, -0.1) is 0 Å². The molecule has 0 saturated heterocycles. The fourth-order valence-corrected chi connectivity index (χ4v) is 2.47. The topological polar surface area (TPSA) is 55.4 Å². The Labute approximate surface area is 159 Å². The third-order valence-corrected chi connectivity index (χ3v) is 3.92. The van der Waals surface area contributed by atoms with Gasteiger partial charge in [-0.2, -0.15) is 13.2 Å². The van der Waals surface area contributed by atoms with Crippen molar-refractivity contribution >= 4 is 29.2 Å². The summed E-state index contributed by atoms with van der Waals surface area (Å²) in [4.78, 5) is 24.0. The number of alkyl halides is 3. The molecular formula is C19H17ClF3NO3. The molecule has 0 saturated carbocycles. The lowest BCUT2D eigenvalue weighted by molar-refractivity contribution is -0.153. The van der Waals surface area contributed by atoms with Crippen LogP contribution in [0.3, 0.4) is 0 Å². The van der Waals surface area contributed by atoms with Crippen molar-refractivity contribution in [3.8, 4) is 0 Å². The fourth-order valence-electron chi connectivity index (χ4n) is 2.30. The summed E-state index contributed by atoms with van der Waals surface area (Å²) in [6.45, 7) is 1.29. The standard InChI is InChI=1S/C19H17ClF3NO3/c1-12(27-17(25)10-7-13-5-3-2-4-6-13)18(26)24-16-9-8-14(20)11-15(16)19(21,22)23/h2-6,8-9,11-12H,7,10H2,1H3,(H,24,26). The molecule has 8 heteroatoms. The van der Waals surface area contributed by atoms with Gasteiger partial charge in [0.1, 0.15) is 0 Å². The number of esters is 1. The molecule has 1 amide bonds. The highest BCUT2D eigenvalue weighted by Crippen LogP contribution is 2.36. The molecule has 2 rings (SSSR count). The summed E-state index contributed by atoms with van der Waals surface area (Å²) in [6.07, 6.45) is -5.45. The second kappa shape index (κ2) is 8.90. The van der Waals surface area contributed by atoms with Crippen molar-refractivity contribution in [1.82, 2.24) is 0 Å². The zero-order valence-corrected chi connectivity index (χ0v) is 15.1. The molecule has 0 aliphatic carbocycles. The van der Waals surface area contributed by atoms with Crippen LogP contribution in [-0.4, -0.2) is 18.0 Å². The molecule has 2 aromatic rings. The molecule has 2 aromatic carbocycles. The van der Waals surface area contributed by atoms with Crippen LogP contribution >= 0.6 is 11.6 Å². The van der Waals surface area contributed by atoms with E-state index in [4.69, 9.17) is 16.3 Å². The molecule has 0 aromatic heterocycles. The van der Waals surface area contributed by atoms with Crippen LogP contribution in [0.15, 0.2) is 48.5 Å². The summed E-state index contributed by atoms with van der Waals surface area (Å²) in [5.74, 6) is -1.48. The summed E-state index contributed by atoms with van der Waals surface area (Å²) in [5.41, 5.74) is -0.599. The van der Waals surface area contributed by atoms with Crippen molar-refractivity contribution in [3.05, 3.63) is 64.7 Å². The number of nitrogens with one attached hydrogen (secondary N) is 1. The highest BCUT2D eigenvalue weighted by molar-refractivity contribution is 6.30. The van der Waals surface area contributed by atoms with Crippen LogP contribution in [-0.2, 0) is 26.9 Å². The molecule has 4 nitrogen and oxygen atoms in total. The Morgan fingerprint density at radius 3 is 2.44 bits per heavy atom. The number of carbonyl (C=O) groups is 2. The maximum absolute atomic E-state index is 13.1. The largest absolute Gasteiger partial charge is 0.453 e. The predicted octanol–water partition coefficient (Wildman–Crippen LogP) is 4.86. The number of amides is 1. The minimum absolute atomic E-state index is 0.0520. The normalized spacial score (nSPS) is 12.3. The highest BCUT2D eigenvalue weighted by atomic mass is 35.5. The first-order chi connectivity index (χ1) is 12.7. The van der Waals surface area contributed by atoms with Gasteiger partial charge < -0.3 is 10.1 Å². The van der Waals surface area contributed by atoms with E-state index < -0.39 is 35.4 Å². The van der Waals surface area contributed by atoms with Gasteiger partial charge in [0.05, 0.1) is 11.3 Å². The number of hydrogen-bond donors (Lipinski definition) is 1. The first kappa shape index (κ1) is 20.8. The molecule has 0 spiro atoms. The molecule has 0 fully saturated rings. The third kappa shape index (κ3) is 6.29. The molecule has 0 heterocycles. The molecule has 1 N–H and O–H groups in total. The van der Waals surface area contributed by atoms with Crippen LogP contribution in [0, 0.1) is 0 Å². The molecule has 144 valence electrons. The second-order valence-corrected chi connectivity index (χ2v) is 6.23. The Bertz CT molecular complexity index is 810. The Hall–Kier alpha value is -2.54. The first-order valence-electron chi connectivity index (χ1n) is 8.08. The van der Waals surface area contributed by atoms with Gasteiger partial charge in [0.2, 0.25) is 0 Å². The molecule has 0 aliphatic heterocycles. The minimum atomic E-state index is -4.69. The van der Waals surface area contributed by atoms with E-state index in [-0.39, 0.29) is 11.4 Å². The van der Waals surface area contributed by atoms with Gasteiger partial charge in [-0.1, -0.05) is 41.9 Å². The van der Waals surface area contributed by atoms with E-state index in [9.17, 15) is 22.8 Å². The van der Waals surface area contributed by atoms with Gasteiger partial charge in [0.15, 0.2) is 6.10 Å². The second-order valence-electron chi connectivity index (χ2n) is 5.79. The quantitative estimate of drug-likeness (QED) is 0.705. The van der Waals surface area contributed by atoms with Gasteiger partial charge in [-0.05, 0) is 37.1 Å². The van der Waals surface area contributed by atoms with Crippen LogP contribution in [0.2, 0.25) is 5.02 Å². The Kier molecular flexibility index (Phi) is 6.85. The van der Waals surface area contributed by atoms with Gasteiger partial charge in [-0.3, -0.25) is 9.59 Å². The fraction of sp³-hybridized carbons (Fsp3) is 0.263. The summed E-state index contributed by atoms with van der Waals surface area (Å²) in [7, 11) is 0. The number of halogens is 4. The molecule has 0 bridgehead atoms. The Balaban J connectivity index is 1.95. The average Bonchev–Trinajstić information content (AvgIpc) is 2.61. The summed E-state index contributed by atoms with van der Waals surface area (Å²) < 4.78 is 44.2. The third-order valence-electron chi connectivity index (χ3n) is 3.68. The molecule has 0 radical (unpaired) electrons. The number of ether oxygens (including phenoxy) is 1.